The van der Waals surface area contributed by atoms with Crippen LogP contribution in [0, 0.1) is 5.92 Å². The minimum absolute atomic E-state index is 0.0508. The average Bonchev–Trinajstić information content (AvgIpc) is 3.11. The number of piperidine rings is 1. The lowest BCUT2D eigenvalue weighted by Gasteiger charge is -2.31. The van der Waals surface area contributed by atoms with E-state index in [1.54, 1.807) is 17.0 Å². The Bertz CT molecular complexity index is 746. The van der Waals surface area contributed by atoms with E-state index in [4.69, 9.17) is 0 Å². The van der Waals surface area contributed by atoms with Crippen LogP contribution in [0.4, 0.5) is 13.9 Å². The number of aromatic nitrogens is 2. The van der Waals surface area contributed by atoms with Crippen molar-refractivity contribution >= 4 is 28.3 Å². The Morgan fingerprint density at radius 2 is 1.84 bits per heavy atom. The van der Waals surface area contributed by atoms with Gasteiger partial charge in [0.2, 0.25) is 11.0 Å². The maximum Gasteiger partial charge on any atom is 0.291 e. The van der Waals surface area contributed by atoms with Gasteiger partial charge in [-0.3, -0.25) is 9.59 Å². The van der Waals surface area contributed by atoms with Gasteiger partial charge in [0.05, 0.1) is 0 Å². The van der Waals surface area contributed by atoms with Crippen molar-refractivity contribution in [1.82, 2.24) is 15.1 Å². The van der Waals surface area contributed by atoms with Crippen molar-refractivity contribution in [3.8, 4) is 0 Å². The van der Waals surface area contributed by atoms with Gasteiger partial charge in [-0.25, -0.2) is 8.78 Å². The molecule has 132 valence electrons. The first-order valence-corrected chi connectivity index (χ1v) is 8.63. The second-order valence-electron chi connectivity index (χ2n) is 5.67. The molecule has 0 radical (unpaired) electrons. The summed E-state index contributed by atoms with van der Waals surface area (Å²) in [5, 5.41) is 9.07. The highest BCUT2D eigenvalue weighted by Gasteiger charge is 2.28. The summed E-state index contributed by atoms with van der Waals surface area (Å²) in [6, 6.07) is 8.99. The summed E-state index contributed by atoms with van der Waals surface area (Å²) in [6.45, 7) is 0.953. The number of likely N-dealkylation sites (tertiary alicyclic amines) is 1. The molecular weight excluding hydrogens is 350 g/mol. The predicted molar refractivity (Wildman–Crippen MR) is 88.6 cm³/mol. The fourth-order valence-electron chi connectivity index (χ4n) is 2.69. The number of nitrogens with zero attached hydrogens (tertiary/aromatic N) is 3. The van der Waals surface area contributed by atoms with E-state index in [0.29, 0.717) is 42.8 Å². The van der Waals surface area contributed by atoms with E-state index < -0.39 is 11.4 Å². The number of carbonyl (C=O) groups excluding carboxylic acids is 2. The van der Waals surface area contributed by atoms with Crippen molar-refractivity contribution in [3.63, 3.8) is 0 Å². The van der Waals surface area contributed by atoms with Gasteiger partial charge in [0, 0.05) is 24.6 Å². The van der Waals surface area contributed by atoms with E-state index in [-0.39, 0.29) is 22.9 Å². The molecule has 1 N–H and O–H groups in total. The SMILES string of the molecule is O=C(Nc1nnc(C(F)F)s1)C1CCN(C(=O)c2ccccc2)CC1. The molecule has 9 heteroatoms. The molecule has 2 amide bonds. The normalized spacial score (nSPS) is 15.4. The highest BCUT2D eigenvalue weighted by molar-refractivity contribution is 7.15. The average molecular weight is 366 g/mol. The van der Waals surface area contributed by atoms with Crippen LogP contribution < -0.4 is 5.32 Å². The number of benzene rings is 1. The zero-order valence-corrected chi connectivity index (χ0v) is 14.0. The quantitative estimate of drug-likeness (QED) is 0.903. The largest absolute Gasteiger partial charge is 0.339 e. The molecule has 1 aromatic carbocycles. The van der Waals surface area contributed by atoms with Gasteiger partial charge >= 0.3 is 0 Å². The lowest BCUT2D eigenvalue weighted by atomic mass is 9.95. The maximum atomic E-state index is 12.5. The number of hydrogen-bond acceptors (Lipinski definition) is 5. The monoisotopic (exact) mass is 366 g/mol. The molecule has 0 aliphatic carbocycles. The van der Waals surface area contributed by atoms with Crippen LogP contribution in [-0.4, -0.2) is 40.0 Å². The van der Waals surface area contributed by atoms with Crippen molar-refractivity contribution in [1.29, 1.82) is 0 Å². The van der Waals surface area contributed by atoms with Crippen LogP contribution >= 0.6 is 11.3 Å². The van der Waals surface area contributed by atoms with Crippen LogP contribution in [0.25, 0.3) is 0 Å². The molecule has 0 spiro atoms. The van der Waals surface area contributed by atoms with Crippen LogP contribution in [-0.2, 0) is 4.79 Å². The molecule has 2 aromatic rings. The van der Waals surface area contributed by atoms with Crippen LogP contribution in [0.3, 0.4) is 0 Å². The summed E-state index contributed by atoms with van der Waals surface area (Å²) in [5.41, 5.74) is 0.624. The van der Waals surface area contributed by atoms with Gasteiger partial charge in [-0.1, -0.05) is 29.5 Å². The molecule has 1 fully saturated rings. The molecule has 6 nitrogen and oxygen atoms in total. The Kier molecular flexibility index (Phi) is 5.32. The minimum Gasteiger partial charge on any atom is -0.339 e. The van der Waals surface area contributed by atoms with Gasteiger partial charge in [0.25, 0.3) is 12.3 Å². The molecule has 25 heavy (non-hydrogen) atoms. The van der Waals surface area contributed by atoms with Gasteiger partial charge in [-0.15, -0.1) is 10.2 Å². The Balaban J connectivity index is 1.53. The van der Waals surface area contributed by atoms with E-state index in [0.717, 1.165) is 0 Å². The lowest BCUT2D eigenvalue weighted by molar-refractivity contribution is -0.121. The zero-order chi connectivity index (χ0) is 17.8. The highest BCUT2D eigenvalue weighted by Crippen LogP contribution is 2.26. The summed E-state index contributed by atoms with van der Waals surface area (Å²) in [6.07, 6.45) is -1.66. The molecule has 3 rings (SSSR count). The molecule has 0 bridgehead atoms. The first kappa shape index (κ1) is 17.4. The van der Waals surface area contributed by atoms with Crippen molar-refractivity contribution < 1.29 is 18.4 Å². The standard InChI is InChI=1S/C16H16F2N4O2S/c17-12(18)14-20-21-16(25-14)19-13(23)10-6-8-22(9-7-10)15(24)11-4-2-1-3-5-11/h1-5,10,12H,6-9H2,(H,19,21,23). The molecular formula is C16H16F2N4O2S. The van der Waals surface area contributed by atoms with Crippen molar-refractivity contribution in [2.45, 2.75) is 19.3 Å². The van der Waals surface area contributed by atoms with Crippen LogP contribution in [0.2, 0.25) is 0 Å². The molecule has 0 atom stereocenters. The summed E-state index contributed by atoms with van der Waals surface area (Å²) in [4.78, 5) is 26.3. The van der Waals surface area contributed by atoms with Crippen LogP contribution in [0.1, 0.15) is 34.6 Å². The first-order chi connectivity index (χ1) is 12.0. The number of nitrogens with one attached hydrogen (secondary N) is 1. The Morgan fingerprint density at radius 1 is 1.16 bits per heavy atom. The molecule has 1 saturated heterocycles. The summed E-state index contributed by atoms with van der Waals surface area (Å²) >= 11 is 0.667. The van der Waals surface area contributed by atoms with E-state index >= 15 is 0 Å². The lowest BCUT2D eigenvalue weighted by Crippen LogP contribution is -2.41. The number of carbonyl (C=O) groups is 2. The fraction of sp³-hybridized carbons (Fsp3) is 0.375. The number of anilines is 1. The third kappa shape index (κ3) is 4.16. The number of amides is 2. The fourth-order valence-corrected chi connectivity index (χ4v) is 3.29. The maximum absolute atomic E-state index is 12.5. The van der Waals surface area contributed by atoms with Gasteiger partial charge in [-0.2, -0.15) is 0 Å². The number of rotatable bonds is 4. The number of hydrogen-bond donors (Lipinski definition) is 1. The smallest absolute Gasteiger partial charge is 0.291 e. The van der Waals surface area contributed by atoms with Crippen molar-refractivity contribution in [2.75, 3.05) is 18.4 Å². The summed E-state index contributed by atoms with van der Waals surface area (Å²) < 4.78 is 25.0. The van der Waals surface area contributed by atoms with E-state index in [2.05, 4.69) is 15.5 Å². The third-order valence-electron chi connectivity index (χ3n) is 4.03. The third-order valence-corrected chi connectivity index (χ3v) is 4.88. The first-order valence-electron chi connectivity index (χ1n) is 7.81. The van der Waals surface area contributed by atoms with Crippen LogP contribution in [0.15, 0.2) is 30.3 Å². The van der Waals surface area contributed by atoms with Gasteiger partial charge < -0.3 is 10.2 Å². The zero-order valence-electron chi connectivity index (χ0n) is 13.2. The Labute approximate surface area is 146 Å². The Hall–Kier alpha value is -2.42. The molecule has 2 heterocycles. The number of alkyl halides is 2. The summed E-state index contributed by atoms with van der Waals surface area (Å²) in [7, 11) is 0. The van der Waals surface area contributed by atoms with Gasteiger partial charge in [-0.05, 0) is 25.0 Å². The van der Waals surface area contributed by atoms with Gasteiger partial charge in [0.1, 0.15) is 0 Å². The highest BCUT2D eigenvalue weighted by atomic mass is 32.1. The molecule has 1 aliphatic heterocycles. The summed E-state index contributed by atoms with van der Waals surface area (Å²) in [5.74, 6) is -0.604. The predicted octanol–water partition coefficient (Wildman–Crippen LogP) is 2.97. The molecule has 0 saturated carbocycles. The van der Waals surface area contributed by atoms with Crippen LogP contribution in [0.5, 0.6) is 0 Å². The second kappa shape index (κ2) is 7.64. The van der Waals surface area contributed by atoms with Crippen molar-refractivity contribution in [3.05, 3.63) is 40.9 Å². The van der Waals surface area contributed by atoms with E-state index in [1.807, 2.05) is 18.2 Å². The minimum atomic E-state index is -2.70. The Morgan fingerprint density at radius 3 is 2.44 bits per heavy atom. The van der Waals surface area contributed by atoms with Crippen molar-refractivity contribution in [2.24, 2.45) is 5.92 Å². The molecule has 1 aliphatic rings. The number of halogens is 2. The van der Waals surface area contributed by atoms with Gasteiger partial charge in [0.15, 0.2) is 5.01 Å². The van der Waals surface area contributed by atoms with E-state index in [1.165, 1.54) is 0 Å². The molecule has 0 unspecified atom stereocenters. The topological polar surface area (TPSA) is 75.2 Å². The molecule has 1 aromatic heterocycles. The second-order valence-corrected chi connectivity index (χ2v) is 6.68. The van der Waals surface area contributed by atoms with E-state index in [9.17, 15) is 18.4 Å².